The van der Waals surface area contributed by atoms with Crippen molar-refractivity contribution in [2.45, 2.75) is 52.1 Å². The summed E-state index contributed by atoms with van der Waals surface area (Å²) >= 11 is 0. The van der Waals surface area contributed by atoms with Gasteiger partial charge in [-0.3, -0.25) is 9.59 Å². The number of nitrogens with zero attached hydrogens (tertiary/aromatic N) is 1. The molecule has 0 fully saturated rings. The van der Waals surface area contributed by atoms with Crippen LogP contribution in [0.5, 0.6) is 0 Å². The molecule has 102 valence electrons. The first-order valence-electron chi connectivity index (χ1n) is 5.60. The highest BCUT2D eigenvalue weighted by Gasteiger charge is 2.33. The molecule has 1 unspecified atom stereocenters. The Labute approximate surface area is 109 Å². The lowest BCUT2D eigenvalue weighted by Crippen LogP contribution is -2.56. The number of primary amides is 1. The Morgan fingerprint density at radius 3 is 2.12 bits per heavy atom. The number of amides is 2. The minimum Gasteiger partial charge on any atom is -0.368 e. The summed E-state index contributed by atoms with van der Waals surface area (Å²) in [4.78, 5) is 24.4. The maximum Gasteiger partial charge on any atom is 0.243 e. The molecule has 5 nitrogen and oxygen atoms in total. The number of rotatable bonds is 6. The Hall–Kier alpha value is -0.810. The van der Waals surface area contributed by atoms with Crippen LogP contribution in [0.15, 0.2) is 0 Å². The first-order valence-corrected chi connectivity index (χ1v) is 5.60. The fraction of sp³-hybridized carbons (Fsp3) is 0.818. The molecule has 0 saturated heterocycles. The zero-order chi connectivity index (χ0) is 12.9. The highest BCUT2D eigenvalue weighted by atomic mass is 35.5. The van der Waals surface area contributed by atoms with Gasteiger partial charge in [-0.15, -0.1) is 12.4 Å². The van der Waals surface area contributed by atoms with Crippen LogP contribution in [0.3, 0.4) is 0 Å². The van der Waals surface area contributed by atoms with Crippen LogP contribution in [0.4, 0.5) is 0 Å². The van der Waals surface area contributed by atoms with Crippen LogP contribution in [0.1, 0.15) is 40.5 Å². The molecule has 17 heavy (non-hydrogen) atoms. The van der Waals surface area contributed by atoms with E-state index < -0.39 is 11.4 Å². The molecule has 4 N–H and O–H groups in total. The van der Waals surface area contributed by atoms with Crippen molar-refractivity contribution in [3.05, 3.63) is 0 Å². The number of carbonyl (C=O) groups excluding carboxylic acids is 2. The van der Waals surface area contributed by atoms with Crippen LogP contribution >= 0.6 is 12.4 Å². The second-order valence-corrected chi connectivity index (χ2v) is 4.66. The first kappa shape index (κ1) is 18.6. The summed E-state index contributed by atoms with van der Waals surface area (Å²) in [5, 5.41) is 0. The van der Waals surface area contributed by atoms with E-state index in [4.69, 9.17) is 11.5 Å². The Morgan fingerprint density at radius 1 is 1.35 bits per heavy atom. The lowest BCUT2D eigenvalue weighted by Gasteiger charge is -2.33. The average Bonchev–Trinajstić information content (AvgIpc) is 2.12. The van der Waals surface area contributed by atoms with Crippen molar-refractivity contribution in [1.82, 2.24) is 4.90 Å². The maximum atomic E-state index is 12.1. The number of nitrogens with two attached hydrogens (primary N) is 2. The summed E-state index contributed by atoms with van der Waals surface area (Å²) in [6.45, 7) is 7.25. The van der Waals surface area contributed by atoms with E-state index in [0.29, 0.717) is 6.42 Å². The standard InChI is InChI=1S/C11H23N3O2.ClH/c1-5-6-11(4,13)10(16)14(8(2)3)7-9(12)15;/h8H,5-7,13H2,1-4H3,(H2,12,15);1H. The number of halogens is 1. The van der Waals surface area contributed by atoms with Gasteiger partial charge in [0.2, 0.25) is 11.8 Å². The van der Waals surface area contributed by atoms with Gasteiger partial charge in [0.05, 0.1) is 12.1 Å². The molecule has 6 heteroatoms. The molecule has 0 saturated carbocycles. The molecule has 0 aliphatic rings. The summed E-state index contributed by atoms with van der Waals surface area (Å²) < 4.78 is 0. The van der Waals surface area contributed by atoms with Gasteiger partial charge in [-0.05, 0) is 27.2 Å². The van der Waals surface area contributed by atoms with Crippen molar-refractivity contribution in [3.8, 4) is 0 Å². The average molecular weight is 266 g/mol. The van der Waals surface area contributed by atoms with Gasteiger partial charge in [-0.25, -0.2) is 0 Å². The molecule has 0 aliphatic heterocycles. The third-order valence-corrected chi connectivity index (χ3v) is 2.47. The molecule has 0 spiro atoms. The van der Waals surface area contributed by atoms with Crippen molar-refractivity contribution >= 4 is 24.2 Å². The molecule has 0 aromatic heterocycles. The van der Waals surface area contributed by atoms with Gasteiger partial charge < -0.3 is 16.4 Å². The molecule has 0 aromatic carbocycles. The molecule has 0 rings (SSSR count). The maximum absolute atomic E-state index is 12.1. The third-order valence-electron chi connectivity index (χ3n) is 2.47. The smallest absolute Gasteiger partial charge is 0.243 e. The minimum absolute atomic E-state index is 0. The molecule has 1 atom stereocenters. The Kier molecular flexibility index (Phi) is 8.19. The van der Waals surface area contributed by atoms with E-state index in [1.165, 1.54) is 4.90 Å². The van der Waals surface area contributed by atoms with Crippen molar-refractivity contribution in [3.63, 3.8) is 0 Å². The molecule has 0 aromatic rings. The van der Waals surface area contributed by atoms with Gasteiger partial charge in [0.1, 0.15) is 0 Å². The first-order chi connectivity index (χ1) is 7.22. The monoisotopic (exact) mass is 265 g/mol. The van der Waals surface area contributed by atoms with Gasteiger partial charge in [0.15, 0.2) is 0 Å². The van der Waals surface area contributed by atoms with Crippen molar-refractivity contribution in [1.29, 1.82) is 0 Å². The molecule has 2 amide bonds. The highest BCUT2D eigenvalue weighted by molar-refractivity contribution is 5.89. The van der Waals surface area contributed by atoms with Crippen LogP contribution in [0, 0.1) is 0 Å². The van der Waals surface area contributed by atoms with Gasteiger partial charge in [0, 0.05) is 6.04 Å². The summed E-state index contributed by atoms with van der Waals surface area (Å²) in [5.41, 5.74) is 10.1. The third kappa shape index (κ3) is 5.89. The van der Waals surface area contributed by atoms with Crippen molar-refractivity contribution < 1.29 is 9.59 Å². The van der Waals surface area contributed by atoms with Crippen LogP contribution < -0.4 is 11.5 Å². The highest BCUT2D eigenvalue weighted by Crippen LogP contribution is 2.14. The Bertz CT molecular complexity index is 267. The minimum atomic E-state index is -0.922. The topological polar surface area (TPSA) is 89.4 Å². The van der Waals surface area contributed by atoms with E-state index in [-0.39, 0.29) is 30.9 Å². The second-order valence-electron chi connectivity index (χ2n) is 4.66. The van der Waals surface area contributed by atoms with E-state index >= 15 is 0 Å². The summed E-state index contributed by atoms with van der Waals surface area (Å²) in [6.07, 6.45) is 1.41. The summed E-state index contributed by atoms with van der Waals surface area (Å²) in [5.74, 6) is -0.738. The molecular formula is C11H24ClN3O2. The predicted molar refractivity (Wildman–Crippen MR) is 70.8 cm³/mol. The molecule has 0 aliphatic carbocycles. The molecule has 0 bridgehead atoms. The van der Waals surface area contributed by atoms with Crippen LogP contribution in [0.25, 0.3) is 0 Å². The van der Waals surface area contributed by atoms with E-state index in [2.05, 4.69) is 0 Å². The van der Waals surface area contributed by atoms with E-state index in [1.54, 1.807) is 6.92 Å². The lowest BCUT2D eigenvalue weighted by atomic mass is 9.95. The predicted octanol–water partition coefficient (Wildman–Crippen LogP) is 0.648. The second kappa shape index (κ2) is 7.50. The number of hydrogen-bond donors (Lipinski definition) is 2. The Balaban J connectivity index is 0. The van der Waals surface area contributed by atoms with Gasteiger partial charge in [-0.2, -0.15) is 0 Å². The molecule has 0 radical (unpaired) electrons. The molecular weight excluding hydrogens is 242 g/mol. The summed E-state index contributed by atoms with van der Waals surface area (Å²) in [7, 11) is 0. The van der Waals surface area contributed by atoms with Crippen molar-refractivity contribution in [2.24, 2.45) is 11.5 Å². The van der Waals surface area contributed by atoms with Crippen molar-refractivity contribution in [2.75, 3.05) is 6.54 Å². The van der Waals surface area contributed by atoms with Gasteiger partial charge >= 0.3 is 0 Å². The molecule has 0 heterocycles. The fourth-order valence-electron chi connectivity index (χ4n) is 1.61. The zero-order valence-corrected chi connectivity index (χ0v) is 11.8. The van der Waals surface area contributed by atoms with Crippen LogP contribution in [0.2, 0.25) is 0 Å². The lowest BCUT2D eigenvalue weighted by molar-refractivity contribution is -0.141. The SMILES string of the molecule is CCCC(C)(N)C(=O)N(CC(N)=O)C(C)C.Cl. The van der Waals surface area contributed by atoms with Gasteiger partial charge in [-0.1, -0.05) is 13.3 Å². The number of hydrogen-bond acceptors (Lipinski definition) is 3. The zero-order valence-electron chi connectivity index (χ0n) is 11.0. The normalized spacial score (nSPS) is 13.8. The summed E-state index contributed by atoms with van der Waals surface area (Å²) in [6, 6.07) is -0.0836. The van der Waals surface area contributed by atoms with Crippen LogP contribution in [-0.4, -0.2) is 34.8 Å². The largest absolute Gasteiger partial charge is 0.368 e. The van der Waals surface area contributed by atoms with Gasteiger partial charge in [0.25, 0.3) is 0 Å². The Morgan fingerprint density at radius 2 is 1.82 bits per heavy atom. The number of carbonyl (C=O) groups is 2. The van der Waals surface area contributed by atoms with E-state index in [0.717, 1.165) is 6.42 Å². The quantitative estimate of drug-likeness (QED) is 0.739. The van der Waals surface area contributed by atoms with Crippen LogP contribution in [-0.2, 0) is 9.59 Å². The van der Waals surface area contributed by atoms with E-state index in [9.17, 15) is 9.59 Å². The van der Waals surface area contributed by atoms with E-state index in [1.807, 2.05) is 20.8 Å². The fourth-order valence-corrected chi connectivity index (χ4v) is 1.61.